The molecule has 0 bridgehead atoms. The molecular formula is C11H51B5I3N7O9VY10-11. The number of nitrogens with zero attached hydrogens (tertiary/aromatic N) is 2. The monoisotopic (exact) mass is 1800 g/mol. The van der Waals surface area contributed by atoms with Gasteiger partial charge in [-0.3, -0.25) is 0 Å². The van der Waals surface area contributed by atoms with Crippen LogP contribution in [0, 0.1) is 72.2 Å². The Hall–Kier alpha value is 12.2. The number of rotatable bonds is 0. The topological polar surface area (TPSA) is 342 Å². The minimum absolute atomic E-state index is 0. The fourth-order valence-electron chi connectivity index (χ4n) is 0. The number of halogens is 3. The second kappa shape index (κ2) is 402. The van der Waals surface area contributed by atoms with Gasteiger partial charge in [0.2, 0.25) is 0 Å². The van der Waals surface area contributed by atoms with Gasteiger partial charge in [0.25, 0.3) is 10.2 Å². The summed E-state index contributed by atoms with van der Waals surface area (Å²) in [4.78, 5) is 16.4. The van der Waals surface area contributed by atoms with Gasteiger partial charge in [0.1, 0.15) is 0 Å². The molecule has 35 heteroatoms. The summed E-state index contributed by atoms with van der Waals surface area (Å²) in [6.07, 6.45) is 0. The number of nitrogens with one attached hydrogen (secondary N) is 4. The summed E-state index contributed by atoms with van der Waals surface area (Å²) >= 11 is 7.39. The summed E-state index contributed by atoms with van der Waals surface area (Å²) in [6, 6.07) is 0. The summed E-state index contributed by atoms with van der Waals surface area (Å²) in [5, 5.41) is 27.3. The molecule has 46 heavy (non-hydrogen) atoms. The van der Waals surface area contributed by atoms with Gasteiger partial charge in [-0.2, -0.15) is 0 Å². The first kappa shape index (κ1) is 277. The number of hydrogen-bond donors (Lipinski definition) is 3. The Bertz CT molecular complexity index is 203. The second-order valence-electron chi connectivity index (χ2n) is 0.667. The zero-order chi connectivity index (χ0) is 20.7. The Balaban J connectivity index is -0.00000000153. The molecular weight excluding hydrogens is 1750 g/mol. The second-order valence-corrected chi connectivity index (χ2v) is 36.0. The summed E-state index contributed by atoms with van der Waals surface area (Å²) in [5.74, 6) is 0. The molecule has 0 aliphatic rings. The van der Waals surface area contributed by atoms with Crippen LogP contribution in [0.3, 0.4) is 0 Å². The molecule has 0 rings (SSSR count). The van der Waals surface area contributed by atoms with Crippen molar-refractivity contribution in [2.45, 2.75) is 29.7 Å². The zero-order valence-corrected chi connectivity index (χ0v) is 61.0. The average Bonchev–Trinajstić information content (AvgIpc) is 2.47. The van der Waals surface area contributed by atoms with Crippen LogP contribution in [0.25, 0.3) is 22.6 Å². The van der Waals surface area contributed by atoms with Crippen LogP contribution in [0.2, 0.25) is 0 Å². The third-order valence-corrected chi connectivity index (χ3v) is 0. The molecule has 0 aromatic carbocycles. The van der Waals surface area contributed by atoms with Gasteiger partial charge < -0.3 is 107 Å². The fraction of sp³-hybridized carbons (Fsp3) is 0.364. The normalized spacial score (nSPS) is 2.37. The van der Waals surface area contributed by atoms with E-state index in [9.17, 15) is 0 Å². The Morgan fingerprint density at radius 1 is 0.457 bits per heavy atom. The van der Waals surface area contributed by atoms with Gasteiger partial charge in [0.15, 0.2) is 7.98 Å². The van der Waals surface area contributed by atoms with Gasteiger partial charge >= 0.3 is 64.9 Å². The third kappa shape index (κ3) is 1150. The van der Waals surface area contributed by atoms with Crippen molar-refractivity contribution in [3.63, 3.8) is 0 Å². The number of hydrogen-bond acceptors (Lipinski definition) is 5. The fourth-order valence-corrected chi connectivity index (χ4v) is 0. The van der Waals surface area contributed by atoms with Crippen molar-refractivity contribution < 1.29 is 369 Å². The Labute approximate surface area is 583 Å². The number of nitrogens with two attached hydrogens (primary N) is 1. The maximum atomic E-state index is 8.36. The maximum absolute atomic E-state index is 8.36. The van der Waals surface area contributed by atoms with Crippen LogP contribution in [-0.2, 0) is 332 Å². The molecule has 14 N–H and O–H groups in total. The van der Waals surface area contributed by atoms with Crippen LogP contribution in [0.1, 0.15) is 29.7 Å². The molecule has 0 spiro atoms. The summed E-state index contributed by atoms with van der Waals surface area (Å²) in [5.41, 5.74) is 25.0. The van der Waals surface area contributed by atoms with Crippen LogP contribution >= 0.6 is 59.9 Å². The summed E-state index contributed by atoms with van der Waals surface area (Å²) in [6.45, 7) is 0. The SMILES string of the molecule is C.C.C.C.O.O.O.O=[N+]([O-])O.O=[N+]([O-])O.[B]N.[B][NH-].[B][NH-].[B][NH-].[B][NH-].[CH3-].[CH3-].[CH3-].[CH3-].[CH3-].[CH3-].[CH3-].[I][V]([I])[I].[Y].[Y].[Y].[Y].[Y].[Y].[Y].[Y].[Y].[Y]. The molecule has 16 nitrogen and oxygen atoms in total. The van der Waals surface area contributed by atoms with E-state index in [2.05, 4.69) is 105 Å². The standard InChI is InChI=1S/4CH4.7CH3.BH2N.4BHN.3HI.2HNO3.3H2O.V.10Y/c;;;;;;;;;;;5*1-2;;;;2*2-1(3)4;;;;;;;;;;;;;;/h4*1H4;7*1H3;2H2;4*2H;3*1H;2*(H,2,3,4);3*1H2;;;;;;;;;;;/q;;;;7*-1;;4*-1;;;;;;;;;+3;;;;;;;;;;/p-3. The minimum atomic E-state index is -1.50. The molecule has 20 radical (unpaired) electrons. The van der Waals surface area contributed by atoms with Crippen molar-refractivity contribution in [3.05, 3.63) is 94.8 Å². The van der Waals surface area contributed by atoms with E-state index in [1.165, 1.54) is 0 Å². The van der Waals surface area contributed by atoms with Crippen LogP contribution < -0.4 is 5.64 Å². The molecule has 0 aliphatic carbocycles. The first-order chi connectivity index (χ1) is 10.2. The Kier molecular flexibility index (Phi) is 2420. The Morgan fingerprint density at radius 3 is 0.457 bits per heavy atom. The molecule has 0 amide bonds. The summed E-state index contributed by atoms with van der Waals surface area (Å²) in [7, 11) is 19.0. The molecule has 0 aromatic heterocycles. The van der Waals surface area contributed by atoms with E-state index in [-0.39, 0.29) is 430 Å². The van der Waals surface area contributed by atoms with Crippen molar-refractivity contribution in [3.8, 4) is 0 Å². The third-order valence-electron chi connectivity index (χ3n) is 0. The van der Waals surface area contributed by atoms with E-state index in [0.29, 0.717) is 0 Å². The van der Waals surface area contributed by atoms with Gasteiger partial charge in [-0.15, -0.1) is 52.2 Å². The van der Waals surface area contributed by atoms with Gasteiger partial charge in [-0.1, -0.05) is 29.7 Å². The quantitative estimate of drug-likeness (QED) is 0.101. The van der Waals surface area contributed by atoms with E-state index in [1.807, 2.05) is 0 Å². The van der Waals surface area contributed by atoms with Crippen LogP contribution in [0.4, 0.5) is 0 Å². The van der Waals surface area contributed by atoms with Gasteiger partial charge in [-0.25, -0.2) is 0 Å². The van der Waals surface area contributed by atoms with Crippen LogP contribution in [0.5, 0.6) is 0 Å². The van der Waals surface area contributed by atoms with Crippen molar-refractivity contribution in [2.75, 3.05) is 0 Å². The van der Waals surface area contributed by atoms with Crippen molar-refractivity contribution in [1.29, 1.82) is 0 Å². The maximum Gasteiger partial charge on any atom is 0 e. The van der Waals surface area contributed by atoms with Crippen LogP contribution in [-0.4, -0.2) is 76.9 Å². The van der Waals surface area contributed by atoms with Gasteiger partial charge in [-0.05, 0) is 0 Å². The van der Waals surface area contributed by atoms with E-state index in [4.69, 9.17) is 53.2 Å². The predicted molar refractivity (Wildman–Crippen MR) is 193 cm³/mol. The van der Waals surface area contributed by atoms with Gasteiger partial charge in [0.05, 0.1) is 0 Å². The molecule has 0 atom stereocenters. The smallest absolute Gasteiger partial charge is 0 e. The van der Waals surface area contributed by atoms with Crippen molar-refractivity contribution in [2.24, 2.45) is 5.64 Å². The molecule has 0 unspecified atom stereocenters. The first-order valence-corrected chi connectivity index (χ1v) is 16.6. The van der Waals surface area contributed by atoms with E-state index in [0.717, 1.165) is 0 Å². The van der Waals surface area contributed by atoms with Gasteiger partial charge in [0, 0.05) is 327 Å². The largest absolute Gasteiger partial charge is 0 e. The van der Waals surface area contributed by atoms with Crippen LogP contribution in [0.15, 0.2) is 0 Å². The first-order valence-electron chi connectivity index (χ1n) is 3.13. The minimum Gasteiger partial charge on any atom is 0 e. The molecule has 0 aromatic rings. The zero-order valence-electron chi connectivity index (χ0n) is 24.7. The molecule has 266 valence electrons. The van der Waals surface area contributed by atoms with E-state index in [1.54, 1.807) is 0 Å². The van der Waals surface area contributed by atoms with Crippen molar-refractivity contribution in [1.82, 2.24) is 0 Å². The predicted octanol–water partition coefficient (Wildman–Crippen LogP) is 4.67. The van der Waals surface area contributed by atoms with E-state index < -0.39 is 10.2 Å². The molecule has 0 saturated carbocycles. The molecule has 0 saturated heterocycles. The molecule has 0 heterocycles. The Morgan fingerprint density at radius 2 is 0.457 bits per heavy atom. The molecule has 0 fully saturated rings. The molecule has 0 aliphatic heterocycles. The average molecular weight is 1800 g/mol. The van der Waals surface area contributed by atoms with E-state index >= 15 is 0 Å². The summed E-state index contributed by atoms with van der Waals surface area (Å²) < 4.78 is 0. The van der Waals surface area contributed by atoms with Crippen molar-refractivity contribution >= 4 is 99.8 Å².